The molecule has 1 aliphatic heterocycles. The highest BCUT2D eigenvalue weighted by Crippen LogP contribution is 2.27. The Balaban J connectivity index is -0.000000335. The molecule has 1 aromatic rings. The van der Waals surface area contributed by atoms with Gasteiger partial charge in [-0.05, 0) is 63.1 Å². The molecule has 0 amide bonds. The third-order valence-electron chi connectivity index (χ3n) is 5.61. The monoisotopic (exact) mass is 396 g/mol. The average molecular weight is 397 g/mol. The lowest BCUT2D eigenvalue weighted by Gasteiger charge is -2.24. The minimum absolute atomic E-state index is 0. The second-order valence-corrected chi connectivity index (χ2v) is 8.73. The zero-order valence-corrected chi connectivity index (χ0v) is 18.5. The number of hydrogen-bond acceptors (Lipinski definition) is 2. The lowest BCUT2D eigenvalue weighted by Crippen LogP contribution is -2.27. The Bertz CT molecular complexity index is 450. The lowest BCUT2D eigenvalue weighted by atomic mass is 9.84. The average Bonchev–Trinajstić information content (AvgIpc) is 2.59. The molecule has 2 nitrogen and oxygen atoms in total. The summed E-state index contributed by atoms with van der Waals surface area (Å²) in [6.45, 7) is 19.1. The Morgan fingerprint density at radius 2 is 1.04 bits per heavy atom. The van der Waals surface area contributed by atoms with E-state index in [0.29, 0.717) is 5.92 Å². The summed E-state index contributed by atoms with van der Waals surface area (Å²) in [5.41, 5.74) is 5.58. The predicted molar refractivity (Wildman–Crippen MR) is 128 cm³/mol. The Hall–Kier alpha value is -0.860. The van der Waals surface area contributed by atoms with Crippen molar-refractivity contribution < 1.29 is 10.9 Å². The molecule has 0 unspecified atom stereocenters. The Morgan fingerprint density at radius 3 is 1.36 bits per heavy atom. The van der Waals surface area contributed by atoms with Gasteiger partial charge in [0.2, 0.25) is 0 Å². The summed E-state index contributed by atoms with van der Waals surface area (Å²) in [7, 11) is 0. The molecule has 1 saturated carbocycles. The highest BCUT2D eigenvalue weighted by molar-refractivity contribution is 5.36. The maximum absolute atomic E-state index is 5.17. The third kappa shape index (κ3) is 11.9. The number of rotatable bonds is 0. The molecule has 28 heavy (non-hydrogen) atoms. The number of benzene rings is 1. The van der Waals surface area contributed by atoms with Crippen molar-refractivity contribution in [2.45, 2.75) is 102 Å². The van der Waals surface area contributed by atoms with E-state index < -0.39 is 0 Å². The molecule has 2 fully saturated rings. The molecule has 0 N–H and O–H groups in total. The molecule has 168 valence electrons. The van der Waals surface area contributed by atoms with E-state index in [0.717, 1.165) is 25.0 Å². The number of ether oxygens (including phenoxy) is 2. The van der Waals surface area contributed by atoms with E-state index in [1.807, 2.05) is 6.92 Å². The zero-order chi connectivity index (χ0) is 19.7. The van der Waals surface area contributed by atoms with Gasteiger partial charge in [-0.2, -0.15) is 0 Å². The van der Waals surface area contributed by atoms with Gasteiger partial charge in [-0.1, -0.05) is 79.0 Å². The van der Waals surface area contributed by atoms with Crippen LogP contribution in [0.5, 0.6) is 0 Å². The van der Waals surface area contributed by atoms with Gasteiger partial charge in [0.15, 0.2) is 6.29 Å². The first-order valence-corrected chi connectivity index (χ1v) is 10.5. The van der Waals surface area contributed by atoms with Crippen LogP contribution in [0.1, 0.15) is 91.9 Å². The Morgan fingerprint density at radius 1 is 0.679 bits per heavy atom. The SMILES string of the molecule is C.C.CC1CCC(C)CC1.CC1COC(C)OC1.Cc1cc(C)c(C)c(C)c1.[HH]. The Labute approximate surface area is 178 Å². The van der Waals surface area contributed by atoms with Gasteiger partial charge in [-0.25, -0.2) is 0 Å². The van der Waals surface area contributed by atoms with Crippen LogP contribution in [-0.4, -0.2) is 19.5 Å². The highest BCUT2D eigenvalue weighted by Gasteiger charge is 2.14. The summed E-state index contributed by atoms with van der Waals surface area (Å²) in [6, 6.07) is 4.45. The van der Waals surface area contributed by atoms with Gasteiger partial charge in [0, 0.05) is 7.34 Å². The largest absolute Gasteiger partial charge is 0.353 e. The van der Waals surface area contributed by atoms with Gasteiger partial charge in [0.25, 0.3) is 0 Å². The van der Waals surface area contributed by atoms with Crippen LogP contribution < -0.4 is 0 Å². The lowest BCUT2D eigenvalue weighted by molar-refractivity contribution is -0.187. The van der Waals surface area contributed by atoms with Crippen molar-refractivity contribution in [3.05, 3.63) is 34.4 Å². The molecule has 1 saturated heterocycles. The molecule has 0 spiro atoms. The smallest absolute Gasteiger partial charge is 0.154 e. The van der Waals surface area contributed by atoms with E-state index in [1.165, 1.54) is 47.9 Å². The topological polar surface area (TPSA) is 18.5 Å². The fraction of sp³-hybridized carbons (Fsp3) is 0.769. The van der Waals surface area contributed by atoms with Gasteiger partial charge < -0.3 is 9.47 Å². The first kappa shape index (κ1) is 29.3. The van der Waals surface area contributed by atoms with Gasteiger partial charge in [0.05, 0.1) is 13.2 Å². The Kier molecular flexibility index (Phi) is 15.8. The van der Waals surface area contributed by atoms with Crippen molar-refractivity contribution in [2.24, 2.45) is 17.8 Å². The van der Waals surface area contributed by atoms with E-state index in [1.54, 1.807) is 0 Å². The zero-order valence-electron chi connectivity index (χ0n) is 18.5. The van der Waals surface area contributed by atoms with Gasteiger partial charge in [-0.3, -0.25) is 0 Å². The molecule has 3 rings (SSSR count). The van der Waals surface area contributed by atoms with E-state index in [9.17, 15) is 0 Å². The summed E-state index contributed by atoms with van der Waals surface area (Å²) in [4.78, 5) is 0. The quantitative estimate of drug-likeness (QED) is 0.439. The van der Waals surface area contributed by atoms with Gasteiger partial charge in [0.1, 0.15) is 0 Å². The number of aryl methyl sites for hydroxylation is 3. The molecule has 1 heterocycles. The molecule has 0 bridgehead atoms. The summed E-state index contributed by atoms with van der Waals surface area (Å²) >= 11 is 0. The van der Waals surface area contributed by atoms with Crippen LogP contribution in [0.25, 0.3) is 0 Å². The molecule has 2 heteroatoms. The van der Waals surface area contributed by atoms with E-state index >= 15 is 0 Å². The predicted octanol–water partition coefficient (Wildman–Crippen LogP) is 8.29. The normalized spacial score (nSPS) is 26.3. The maximum Gasteiger partial charge on any atom is 0.154 e. The molecule has 0 aromatic heterocycles. The molecular formula is C26H52O2. The molecule has 2 aliphatic rings. The summed E-state index contributed by atoms with van der Waals surface area (Å²) in [5.74, 6) is 2.61. The second-order valence-electron chi connectivity index (χ2n) is 8.73. The summed E-state index contributed by atoms with van der Waals surface area (Å²) < 4.78 is 10.3. The van der Waals surface area contributed by atoms with Crippen LogP contribution in [0.4, 0.5) is 0 Å². The van der Waals surface area contributed by atoms with E-state index in [4.69, 9.17) is 9.47 Å². The maximum atomic E-state index is 5.17. The molecule has 1 aromatic carbocycles. The minimum Gasteiger partial charge on any atom is -0.353 e. The molecule has 1 aliphatic carbocycles. The first-order valence-electron chi connectivity index (χ1n) is 10.5. The van der Waals surface area contributed by atoms with Crippen LogP contribution in [0.15, 0.2) is 12.1 Å². The highest BCUT2D eigenvalue weighted by atomic mass is 16.7. The summed E-state index contributed by atoms with van der Waals surface area (Å²) in [6.07, 6.45) is 5.91. The third-order valence-corrected chi connectivity index (χ3v) is 5.61. The van der Waals surface area contributed by atoms with Crippen molar-refractivity contribution in [3.63, 3.8) is 0 Å². The van der Waals surface area contributed by atoms with Crippen LogP contribution in [0.3, 0.4) is 0 Å². The molecule has 0 atom stereocenters. The fourth-order valence-corrected chi connectivity index (χ4v) is 3.37. The summed E-state index contributed by atoms with van der Waals surface area (Å²) in [5, 5.41) is 0. The van der Waals surface area contributed by atoms with E-state index in [2.05, 4.69) is 60.6 Å². The van der Waals surface area contributed by atoms with E-state index in [-0.39, 0.29) is 22.6 Å². The standard InChI is InChI=1S/C10H14.C8H16.C6H12O2.2CH4.H2/c1-7-5-8(2)10(4)9(3)6-7;1-7-3-5-8(2)6-4-7;1-5-3-7-6(2)8-4-5;;;/h5-6H,1-4H3;7-8H,3-6H2,1-2H3;5-6H,3-4H2,1-2H3;2*1H4;1H. The molecule has 0 radical (unpaired) electrons. The van der Waals surface area contributed by atoms with Crippen molar-refractivity contribution in [1.82, 2.24) is 0 Å². The van der Waals surface area contributed by atoms with Crippen LogP contribution in [0, 0.1) is 45.4 Å². The minimum atomic E-state index is 0. The molecular weight excluding hydrogens is 344 g/mol. The van der Waals surface area contributed by atoms with Crippen LogP contribution >= 0.6 is 0 Å². The fourth-order valence-electron chi connectivity index (χ4n) is 3.37. The van der Waals surface area contributed by atoms with Crippen LogP contribution in [0.2, 0.25) is 0 Å². The van der Waals surface area contributed by atoms with Crippen molar-refractivity contribution >= 4 is 0 Å². The van der Waals surface area contributed by atoms with Crippen LogP contribution in [-0.2, 0) is 9.47 Å². The second kappa shape index (κ2) is 15.0. The number of hydrogen-bond donors (Lipinski definition) is 0. The van der Waals surface area contributed by atoms with Crippen molar-refractivity contribution in [1.29, 1.82) is 0 Å². The first-order chi connectivity index (χ1) is 12.2. The van der Waals surface area contributed by atoms with Gasteiger partial charge in [-0.15, -0.1) is 0 Å². The van der Waals surface area contributed by atoms with Crippen molar-refractivity contribution in [3.8, 4) is 0 Å². The van der Waals surface area contributed by atoms with Crippen molar-refractivity contribution in [2.75, 3.05) is 13.2 Å². The van der Waals surface area contributed by atoms with Gasteiger partial charge >= 0.3 is 0 Å².